The number of methoxy groups -OCH3 is 1. The Hall–Kier alpha value is -1.26. The largest absolute Gasteiger partial charge is 0.496 e. The van der Waals surface area contributed by atoms with E-state index in [0.717, 1.165) is 19.1 Å². The molecule has 1 saturated heterocycles. The summed E-state index contributed by atoms with van der Waals surface area (Å²) >= 11 is 5.99. The van der Waals surface area contributed by atoms with Crippen LogP contribution in [0.3, 0.4) is 0 Å². The minimum atomic E-state index is -0.108. The Bertz CT molecular complexity index is 558. The molecule has 1 aromatic rings. The Morgan fingerprint density at radius 3 is 2.87 bits per heavy atom. The number of ether oxygens (including phenoxy) is 1. The van der Waals surface area contributed by atoms with Gasteiger partial charge in [-0.1, -0.05) is 24.4 Å². The number of benzene rings is 1. The van der Waals surface area contributed by atoms with E-state index in [1.807, 2.05) is 0 Å². The highest BCUT2D eigenvalue weighted by Gasteiger charge is 2.30. The molecule has 0 spiro atoms. The normalized spacial score (nSPS) is 22.4. The summed E-state index contributed by atoms with van der Waals surface area (Å²) < 4.78 is 5.25. The molecule has 1 N–H and O–H groups in total. The Balaban J connectivity index is 1.52. The van der Waals surface area contributed by atoms with Gasteiger partial charge in [0.1, 0.15) is 5.75 Å². The van der Waals surface area contributed by atoms with Crippen LogP contribution in [0, 0.1) is 5.92 Å². The second kappa shape index (κ2) is 7.54. The molecule has 23 heavy (non-hydrogen) atoms. The highest BCUT2D eigenvalue weighted by Crippen LogP contribution is 2.28. The zero-order chi connectivity index (χ0) is 16.2. The molecule has 1 aliphatic carbocycles. The van der Waals surface area contributed by atoms with Crippen LogP contribution in [0.15, 0.2) is 18.2 Å². The smallest absolute Gasteiger partial charge is 0.255 e. The molecule has 1 saturated carbocycles. The first-order valence-electron chi connectivity index (χ1n) is 8.53. The Morgan fingerprint density at radius 2 is 2.13 bits per heavy atom. The van der Waals surface area contributed by atoms with Crippen LogP contribution in [0.25, 0.3) is 0 Å². The van der Waals surface area contributed by atoms with Gasteiger partial charge < -0.3 is 15.0 Å². The van der Waals surface area contributed by atoms with Gasteiger partial charge in [0.05, 0.1) is 12.7 Å². The van der Waals surface area contributed by atoms with Crippen molar-refractivity contribution >= 4 is 17.5 Å². The van der Waals surface area contributed by atoms with E-state index in [1.54, 1.807) is 25.3 Å². The topological polar surface area (TPSA) is 41.6 Å². The summed E-state index contributed by atoms with van der Waals surface area (Å²) in [5.41, 5.74) is 0.505. The lowest BCUT2D eigenvalue weighted by Gasteiger charge is -2.23. The number of halogens is 1. The molecular formula is C18H25ClN2O2. The average molecular weight is 337 g/mol. The van der Waals surface area contributed by atoms with Crippen LogP contribution in [0.1, 0.15) is 42.5 Å². The van der Waals surface area contributed by atoms with Crippen molar-refractivity contribution in [2.75, 3.05) is 26.7 Å². The van der Waals surface area contributed by atoms with Crippen molar-refractivity contribution in [3.8, 4) is 5.75 Å². The Morgan fingerprint density at radius 1 is 1.35 bits per heavy atom. The Labute approximate surface area is 143 Å². The fourth-order valence-electron chi connectivity index (χ4n) is 3.82. The molecule has 0 aromatic heterocycles. The van der Waals surface area contributed by atoms with E-state index in [-0.39, 0.29) is 5.91 Å². The lowest BCUT2D eigenvalue weighted by Crippen LogP contribution is -2.34. The third-order valence-electron chi connectivity index (χ3n) is 5.12. The summed E-state index contributed by atoms with van der Waals surface area (Å²) in [6.07, 6.45) is 6.61. The third kappa shape index (κ3) is 3.99. The third-order valence-corrected chi connectivity index (χ3v) is 5.35. The van der Waals surface area contributed by atoms with Crippen LogP contribution in [0.4, 0.5) is 0 Å². The van der Waals surface area contributed by atoms with E-state index >= 15 is 0 Å². The number of likely N-dealkylation sites (tertiary alicyclic amines) is 1. The molecule has 1 aromatic carbocycles. The summed E-state index contributed by atoms with van der Waals surface area (Å²) in [6.45, 7) is 3.00. The molecule has 1 aliphatic heterocycles. The van der Waals surface area contributed by atoms with E-state index in [0.29, 0.717) is 22.3 Å². The van der Waals surface area contributed by atoms with E-state index in [4.69, 9.17) is 16.3 Å². The van der Waals surface area contributed by atoms with Gasteiger partial charge in [-0.25, -0.2) is 0 Å². The highest BCUT2D eigenvalue weighted by molar-refractivity contribution is 6.31. The molecule has 2 fully saturated rings. The summed E-state index contributed by atoms with van der Waals surface area (Å²) in [5, 5.41) is 3.60. The zero-order valence-electron chi connectivity index (χ0n) is 13.7. The first kappa shape index (κ1) is 16.6. The van der Waals surface area contributed by atoms with Gasteiger partial charge in [0.15, 0.2) is 0 Å². The van der Waals surface area contributed by atoms with Gasteiger partial charge in [-0.15, -0.1) is 0 Å². The van der Waals surface area contributed by atoms with Crippen molar-refractivity contribution in [2.45, 2.75) is 38.1 Å². The monoisotopic (exact) mass is 336 g/mol. The molecule has 1 amide bonds. The maximum absolute atomic E-state index is 12.4. The second-order valence-corrected chi connectivity index (χ2v) is 7.08. The number of hydrogen-bond donors (Lipinski definition) is 1. The summed E-state index contributed by atoms with van der Waals surface area (Å²) in [7, 11) is 1.57. The average Bonchev–Trinajstić information content (AvgIpc) is 3.23. The highest BCUT2D eigenvalue weighted by atomic mass is 35.5. The van der Waals surface area contributed by atoms with Crippen LogP contribution in [0.5, 0.6) is 5.75 Å². The van der Waals surface area contributed by atoms with E-state index in [2.05, 4.69) is 10.2 Å². The maximum atomic E-state index is 12.4. The van der Waals surface area contributed by atoms with Crippen LogP contribution in [-0.4, -0.2) is 43.6 Å². The predicted octanol–water partition coefficient (Wildman–Crippen LogP) is 3.34. The fourth-order valence-corrected chi connectivity index (χ4v) is 3.99. The number of rotatable bonds is 5. The minimum absolute atomic E-state index is 0.108. The first-order chi connectivity index (χ1) is 11.2. The molecule has 3 rings (SSSR count). The standard InChI is InChI=1S/C18H25ClN2O2/c1-23-17-7-6-14(19)10-16(17)18(22)20-11-13-8-9-21(12-13)15-4-2-3-5-15/h6-7,10,13,15H,2-5,8-9,11-12H2,1H3,(H,20,22). The molecule has 4 nitrogen and oxygen atoms in total. The zero-order valence-corrected chi connectivity index (χ0v) is 14.4. The first-order valence-corrected chi connectivity index (χ1v) is 8.91. The van der Waals surface area contributed by atoms with Crippen LogP contribution < -0.4 is 10.1 Å². The minimum Gasteiger partial charge on any atom is -0.496 e. The SMILES string of the molecule is COc1ccc(Cl)cc1C(=O)NCC1CCN(C2CCCC2)C1. The number of nitrogens with zero attached hydrogens (tertiary/aromatic N) is 1. The number of carbonyl (C=O) groups excluding carboxylic acids is 1. The fraction of sp³-hybridized carbons (Fsp3) is 0.611. The maximum Gasteiger partial charge on any atom is 0.255 e. The van der Waals surface area contributed by atoms with Gasteiger partial charge in [0, 0.05) is 24.2 Å². The van der Waals surface area contributed by atoms with Crippen molar-refractivity contribution in [3.05, 3.63) is 28.8 Å². The van der Waals surface area contributed by atoms with E-state index < -0.39 is 0 Å². The van der Waals surface area contributed by atoms with Gasteiger partial charge in [-0.05, 0) is 49.9 Å². The van der Waals surface area contributed by atoms with Crippen molar-refractivity contribution < 1.29 is 9.53 Å². The van der Waals surface area contributed by atoms with Crippen molar-refractivity contribution in [2.24, 2.45) is 5.92 Å². The van der Waals surface area contributed by atoms with Gasteiger partial charge in [-0.2, -0.15) is 0 Å². The van der Waals surface area contributed by atoms with Crippen molar-refractivity contribution in [1.82, 2.24) is 10.2 Å². The molecule has 1 atom stereocenters. The molecule has 2 aliphatic rings. The molecule has 5 heteroatoms. The van der Waals surface area contributed by atoms with Crippen molar-refractivity contribution in [1.29, 1.82) is 0 Å². The molecule has 0 radical (unpaired) electrons. The summed E-state index contributed by atoms with van der Waals surface area (Å²) in [4.78, 5) is 15.0. The second-order valence-electron chi connectivity index (χ2n) is 6.64. The van der Waals surface area contributed by atoms with E-state index in [9.17, 15) is 4.79 Å². The summed E-state index contributed by atoms with van der Waals surface area (Å²) in [5.74, 6) is 0.999. The van der Waals surface area contributed by atoms with Crippen LogP contribution in [0.2, 0.25) is 5.02 Å². The number of amides is 1. The van der Waals surface area contributed by atoms with Gasteiger partial charge in [0.25, 0.3) is 5.91 Å². The van der Waals surface area contributed by atoms with Crippen molar-refractivity contribution in [3.63, 3.8) is 0 Å². The molecule has 1 unspecified atom stereocenters. The lowest BCUT2D eigenvalue weighted by atomic mass is 10.1. The van der Waals surface area contributed by atoms with E-state index in [1.165, 1.54) is 38.6 Å². The molecule has 1 heterocycles. The number of hydrogen-bond acceptors (Lipinski definition) is 3. The quantitative estimate of drug-likeness (QED) is 0.896. The molecule has 0 bridgehead atoms. The van der Waals surface area contributed by atoms with Gasteiger partial charge >= 0.3 is 0 Å². The lowest BCUT2D eigenvalue weighted by molar-refractivity contribution is 0.0944. The van der Waals surface area contributed by atoms with Crippen LogP contribution >= 0.6 is 11.6 Å². The summed E-state index contributed by atoms with van der Waals surface area (Å²) in [6, 6.07) is 5.90. The number of nitrogens with one attached hydrogen (secondary N) is 1. The Kier molecular flexibility index (Phi) is 5.44. The van der Waals surface area contributed by atoms with Crippen LogP contribution in [-0.2, 0) is 0 Å². The van der Waals surface area contributed by atoms with Gasteiger partial charge in [-0.3, -0.25) is 4.79 Å². The van der Waals surface area contributed by atoms with Gasteiger partial charge in [0.2, 0.25) is 0 Å². The molecular weight excluding hydrogens is 312 g/mol. The predicted molar refractivity (Wildman–Crippen MR) is 92.3 cm³/mol. The molecule has 126 valence electrons. The number of carbonyl (C=O) groups is 1.